The molecule has 0 unspecified atom stereocenters. The van der Waals surface area contributed by atoms with Crippen molar-refractivity contribution < 1.29 is 14.3 Å². The lowest BCUT2D eigenvalue weighted by atomic mass is 9.83. The molecule has 1 aromatic carbocycles. The standard InChI is InChI=1S/C20H28N2O3/c1-14-6-4-5-13-22(14)20(24)17-11-12-18(23)21(2)19(17)15-7-9-16(25-3)10-8-15/h7-10,14,17,19H,4-6,11-13H2,1-3H3/t14-,17+,19-/m1/s1. The Morgan fingerprint density at radius 3 is 2.52 bits per heavy atom. The van der Waals surface area contributed by atoms with Gasteiger partial charge in [-0.1, -0.05) is 12.1 Å². The molecule has 0 N–H and O–H groups in total. The molecule has 25 heavy (non-hydrogen) atoms. The van der Waals surface area contributed by atoms with Gasteiger partial charge < -0.3 is 14.5 Å². The smallest absolute Gasteiger partial charge is 0.228 e. The molecule has 0 aromatic heterocycles. The van der Waals surface area contributed by atoms with Crippen LogP contribution in [-0.2, 0) is 9.59 Å². The van der Waals surface area contributed by atoms with Crippen molar-refractivity contribution in [2.45, 2.75) is 51.1 Å². The van der Waals surface area contributed by atoms with Gasteiger partial charge in [0.05, 0.1) is 19.1 Å². The SMILES string of the molecule is COc1ccc([C@@H]2[C@@H](C(=O)N3CCCC[C@H]3C)CCC(=O)N2C)cc1. The number of ether oxygens (including phenoxy) is 1. The van der Waals surface area contributed by atoms with Crippen molar-refractivity contribution in [1.29, 1.82) is 0 Å². The largest absolute Gasteiger partial charge is 0.497 e. The van der Waals surface area contributed by atoms with E-state index in [4.69, 9.17) is 4.74 Å². The fourth-order valence-electron chi connectivity index (χ4n) is 4.19. The first-order chi connectivity index (χ1) is 12.0. The molecule has 5 nitrogen and oxygen atoms in total. The Kier molecular flexibility index (Phi) is 5.30. The first kappa shape index (κ1) is 17.8. The van der Waals surface area contributed by atoms with Crippen LogP contribution in [0.25, 0.3) is 0 Å². The van der Waals surface area contributed by atoms with Crippen LogP contribution in [-0.4, -0.2) is 48.4 Å². The number of benzene rings is 1. The lowest BCUT2D eigenvalue weighted by Crippen LogP contribution is -2.51. The zero-order valence-electron chi connectivity index (χ0n) is 15.4. The summed E-state index contributed by atoms with van der Waals surface area (Å²) in [6, 6.07) is 7.83. The number of amides is 2. The number of carbonyl (C=O) groups excluding carboxylic acids is 2. The number of piperidine rings is 2. The van der Waals surface area contributed by atoms with E-state index in [1.807, 2.05) is 36.2 Å². The maximum atomic E-state index is 13.3. The molecule has 0 saturated carbocycles. The van der Waals surface area contributed by atoms with Gasteiger partial charge in [0.15, 0.2) is 0 Å². The minimum absolute atomic E-state index is 0.108. The highest BCUT2D eigenvalue weighted by atomic mass is 16.5. The van der Waals surface area contributed by atoms with E-state index in [1.54, 1.807) is 12.0 Å². The second kappa shape index (κ2) is 7.46. The maximum absolute atomic E-state index is 13.3. The van der Waals surface area contributed by atoms with E-state index in [9.17, 15) is 9.59 Å². The van der Waals surface area contributed by atoms with Gasteiger partial charge >= 0.3 is 0 Å². The maximum Gasteiger partial charge on any atom is 0.228 e. The Labute approximate surface area is 149 Å². The van der Waals surface area contributed by atoms with Crippen LogP contribution in [0.1, 0.15) is 50.6 Å². The molecule has 2 aliphatic rings. The van der Waals surface area contributed by atoms with E-state index < -0.39 is 0 Å². The molecule has 2 fully saturated rings. The molecule has 0 spiro atoms. The molecule has 2 amide bonds. The Bertz CT molecular complexity index is 628. The fraction of sp³-hybridized carbons (Fsp3) is 0.600. The van der Waals surface area contributed by atoms with Crippen molar-refractivity contribution in [2.24, 2.45) is 5.92 Å². The molecule has 3 atom stereocenters. The average Bonchev–Trinajstić information content (AvgIpc) is 2.64. The lowest BCUT2D eigenvalue weighted by molar-refractivity contribution is -0.148. The zero-order valence-corrected chi connectivity index (χ0v) is 15.4. The second-order valence-corrected chi connectivity index (χ2v) is 7.24. The zero-order chi connectivity index (χ0) is 18.0. The third kappa shape index (κ3) is 3.51. The first-order valence-electron chi connectivity index (χ1n) is 9.23. The van der Waals surface area contributed by atoms with Crippen molar-refractivity contribution in [1.82, 2.24) is 9.80 Å². The van der Waals surface area contributed by atoms with E-state index in [1.165, 1.54) is 6.42 Å². The Morgan fingerprint density at radius 1 is 1.16 bits per heavy atom. The minimum Gasteiger partial charge on any atom is -0.497 e. The first-order valence-corrected chi connectivity index (χ1v) is 9.23. The quantitative estimate of drug-likeness (QED) is 0.847. The highest BCUT2D eigenvalue weighted by Gasteiger charge is 2.41. The summed E-state index contributed by atoms with van der Waals surface area (Å²) in [5.74, 6) is 0.918. The average molecular weight is 344 g/mol. The molecular weight excluding hydrogens is 316 g/mol. The summed E-state index contributed by atoms with van der Waals surface area (Å²) in [7, 11) is 3.45. The lowest BCUT2D eigenvalue weighted by Gasteiger charge is -2.43. The minimum atomic E-state index is -0.200. The van der Waals surface area contributed by atoms with E-state index >= 15 is 0 Å². The molecule has 2 saturated heterocycles. The van der Waals surface area contributed by atoms with Crippen LogP contribution in [0.3, 0.4) is 0 Å². The van der Waals surface area contributed by atoms with E-state index in [0.29, 0.717) is 18.9 Å². The van der Waals surface area contributed by atoms with Gasteiger partial charge in [-0.2, -0.15) is 0 Å². The van der Waals surface area contributed by atoms with Crippen molar-refractivity contribution in [3.63, 3.8) is 0 Å². The van der Waals surface area contributed by atoms with Crippen LogP contribution in [0, 0.1) is 5.92 Å². The molecule has 3 rings (SSSR count). The summed E-state index contributed by atoms with van der Waals surface area (Å²) in [5, 5.41) is 0. The number of carbonyl (C=O) groups is 2. The third-order valence-electron chi connectivity index (χ3n) is 5.72. The molecule has 2 heterocycles. The van der Waals surface area contributed by atoms with E-state index in [-0.39, 0.29) is 23.8 Å². The molecule has 1 aromatic rings. The number of hydrogen-bond acceptors (Lipinski definition) is 3. The van der Waals surface area contributed by atoms with Gasteiger partial charge in [0.2, 0.25) is 11.8 Å². The van der Waals surface area contributed by atoms with Gasteiger partial charge in [-0.25, -0.2) is 0 Å². The number of rotatable bonds is 3. The van der Waals surface area contributed by atoms with Crippen LogP contribution >= 0.6 is 0 Å². The summed E-state index contributed by atoms with van der Waals surface area (Å²) in [5.41, 5.74) is 0.999. The van der Waals surface area contributed by atoms with Crippen LogP contribution < -0.4 is 4.74 Å². The molecule has 0 aliphatic carbocycles. The summed E-state index contributed by atoms with van der Waals surface area (Å²) in [4.78, 5) is 29.4. The Hall–Kier alpha value is -2.04. The molecule has 0 bridgehead atoms. The van der Waals surface area contributed by atoms with Crippen molar-refractivity contribution in [3.8, 4) is 5.75 Å². The van der Waals surface area contributed by atoms with Gasteiger partial charge in [0.25, 0.3) is 0 Å². The van der Waals surface area contributed by atoms with Crippen molar-refractivity contribution >= 4 is 11.8 Å². The van der Waals surface area contributed by atoms with E-state index in [2.05, 4.69) is 6.92 Å². The molecule has 136 valence electrons. The number of hydrogen-bond donors (Lipinski definition) is 0. The number of likely N-dealkylation sites (tertiary alicyclic amines) is 2. The van der Waals surface area contributed by atoms with Gasteiger partial charge in [-0.3, -0.25) is 9.59 Å². The monoisotopic (exact) mass is 344 g/mol. The van der Waals surface area contributed by atoms with E-state index in [0.717, 1.165) is 30.7 Å². The summed E-state index contributed by atoms with van der Waals surface area (Å²) >= 11 is 0. The fourth-order valence-corrected chi connectivity index (χ4v) is 4.19. The number of methoxy groups -OCH3 is 1. The topological polar surface area (TPSA) is 49.9 Å². The summed E-state index contributed by atoms with van der Waals surface area (Å²) in [6.07, 6.45) is 4.41. The highest BCUT2D eigenvalue weighted by Crippen LogP contribution is 2.38. The van der Waals surface area contributed by atoms with Crippen molar-refractivity contribution in [3.05, 3.63) is 29.8 Å². The molecular formula is C20H28N2O3. The van der Waals surface area contributed by atoms with Gasteiger partial charge in [0.1, 0.15) is 5.75 Å². The third-order valence-corrected chi connectivity index (χ3v) is 5.72. The highest BCUT2D eigenvalue weighted by molar-refractivity contribution is 5.85. The normalized spacial score (nSPS) is 27.3. The molecule has 0 radical (unpaired) electrons. The molecule has 2 aliphatic heterocycles. The molecule has 5 heteroatoms. The summed E-state index contributed by atoms with van der Waals surface area (Å²) < 4.78 is 5.23. The van der Waals surface area contributed by atoms with Gasteiger partial charge in [-0.05, 0) is 50.3 Å². The van der Waals surface area contributed by atoms with Gasteiger partial charge in [-0.15, -0.1) is 0 Å². The predicted octanol–water partition coefficient (Wildman–Crippen LogP) is 3.01. The van der Waals surface area contributed by atoms with Crippen molar-refractivity contribution in [2.75, 3.05) is 20.7 Å². The van der Waals surface area contributed by atoms with Gasteiger partial charge in [0, 0.05) is 26.1 Å². The van der Waals surface area contributed by atoms with Crippen LogP contribution in [0.2, 0.25) is 0 Å². The van der Waals surface area contributed by atoms with Crippen LogP contribution in [0.15, 0.2) is 24.3 Å². The Balaban J connectivity index is 1.89. The Morgan fingerprint density at radius 2 is 1.88 bits per heavy atom. The number of nitrogens with zero attached hydrogens (tertiary/aromatic N) is 2. The van der Waals surface area contributed by atoms with Crippen LogP contribution in [0.4, 0.5) is 0 Å². The van der Waals surface area contributed by atoms with Crippen LogP contribution in [0.5, 0.6) is 5.75 Å². The summed E-state index contributed by atoms with van der Waals surface area (Å²) in [6.45, 7) is 2.97. The second-order valence-electron chi connectivity index (χ2n) is 7.24. The predicted molar refractivity (Wildman–Crippen MR) is 96.3 cm³/mol.